The Kier molecular flexibility index (Phi) is 5.17. The Bertz CT molecular complexity index is 309. The van der Waals surface area contributed by atoms with Gasteiger partial charge in [0, 0.05) is 24.5 Å². The molecule has 0 amide bonds. The molecule has 2 N–H and O–H groups in total. The fourth-order valence-corrected chi connectivity index (χ4v) is 2.10. The van der Waals surface area contributed by atoms with Gasteiger partial charge < -0.3 is 10.6 Å². The fraction of sp³-hybridized carbons (Fsp3) is 0.571. The quantitative estimate of drug-likeness (QED) is 0.743. The summed E-state index contributed by atoms with van der Waals surface area (Å²) >= 11 is 0. The van der Waals surface area contributed by atoms with Crippen LogP contribution in [0.15, 0.2) is 24.3 Å². The zero-order valence-corrected chi connectivity index (χ0v) is 10.7. The van der Waals surface area contributed by atoms with E-state index in [-0.39, 0.29) is 0 Å². The minimum Gasteiger partial charge on any atom is -0.399 e. The molecule has 1 rings (SSSR count). The third-order valence-corrected chi connectivity index (χ3v) is 2.93. The number of benzene rings is 1. The average Bonchev–Trinajstić information content (AvgIpc) is 2.26. The first-order valence-electron chi connectivity index (χ1n) is 6.27. The number of hydrogen-bond donors (Lipinski definition) is 1. The van der Waals surface area contributed by atoms with Crippen LogP contribution in [-0.4, -0.2) is 13.1 Å². The molecule has 0 aliphatic rings. The van der Waals surface area contributed by atoms with E-state index < -0.39 is 0 Å². The van der Waals surface area contributed by atoms with Crippen molar-refractivity contribution in [3.05, 3.63) is 24.3 Å². The molecule has 0 radical (unpaired) electrons. The Morgan fingerprint density at radius 3 is 2.62 bits per heavy atom. The van der Waals surface area contributed by atoms with Crippen LogP contribution in [0.5, 0.6) is 0 Å². The molecular weight excluding hydrogens is 196 g/mol. The standard InChI is InChI=1S/C14H24N2/c1-4-7-12(3)11-16(5-2)14-9-6-8-13(15)10-14/h6,8-10,12H,4-5,7,11,15H2,1-3H3. The van der Waals surface area contributed by atoms with E-state index in [4.69, 9.17) is 5.73 Å². The lowest BCUT2D eigenvalue weighted by Crippen LogP contribution is -2.28. The molecule has 0 saturated heterocycles. The summed E-state index contributed by atoms with van der Waals surface area (Å²) in [6.45, 7) is 8.92. The van der Waals surface area contributed by atoms with Gasteiger partial charge in [-0.1, -0.05) is 26.3 Å². The summed E-state index contributed by atoms with van der Waals surface area (Å²) in [5.41, 5.74) is 7.90. The van der Waals surface area contributed by atoms with Gasteiger partial charge in [0.2, 0.25) is 0 Å². The molecular formula is C14H24N2. The first-order chi connectivity index (χ1) is 7.67. The number of anilines is 2. The molecule has 0 bridgehead atoms. The van der Waals surface area contributed by atoms with Crippen molar-refractivity contribution in [2.75, 3.05) is 23.7 Å². The maximum Gasteiger partial charge on any atom is 0.0386 e. The minimum atomic E-state index is 0.742. The molecule has 16 heavy (non-hydrogen) atoms. The van der Waals surface area contributed by atoms with Gasteiger partial charge in [0.05, 0.1) is 0 Å². The van der Waals surface area contributed by atoms with Gasteiger partial charge in [-0.2, -0.15) is 0 Å². The maximum absolute atomic E-state index is 5.81. The number of rotatable bonds is 6. The second kappa shape index (κ2) is 6.41. The maximum atomic E-state index is 5.81. The zero-order valence-electron chi connectivity index (χ0n) is 10.7. The molecule has 0 saturated carbocycles. The van der Waals surface area contributed by atoms with E-state index in [1.54, 1.807) is 0 Å². The molecule has 2 nitrogen and oxygen atoms in total. The van der Waals surface area contributed by atoms with Crippen molar-refractivity contribution in [1.29, 1.82) is 0 Å². The second-order valence-corrected chi connectivity index (χ2v) is 4.53. The van der Waals surface area contributed by atoms with Gasteiger partial charge in [-0.15, -0.1) is 0 Å². The monoisotopic (exact) mass is 220 g/mol. The van der Waals surface area contributed by atoms with Gasteiger partial charge in [-0.25, -0.2) is 0 Å². The molecule has 1 aromatic carbocycles. The molecule has 1 unspecified atom stereocenters. The van der Waals surface area contributed by atoms with Crippen LogP contribution < -0.4 is 10.6 Å². The van der Waals surface area contributed by atoms with Gasteiger partial charge in [0.25, 0.3) is 0 Å². The van der Waals surface area contributed by atoms with Crippen LogP contribution >= 0.6 is 0 Å². The lowest BCUT2D eigenvalue weighted by atomic mass is 10.1. The van der Waals surface area contributed by atoms with Crippen LogP contribution in [0.25, 0.3) is 0 Å². The number of nitrogens with two attached hydrogens (primary N) is 1. The van der Waals surface area contributed by atoms with E-state index in [9.17, 15) is 0 Å². The van der Waals surface area contributed by atoms with E-state index in [1.165, 1.54) is 18.5 Å². The highest BCUT2D eigenvalue weighted by atomic mass is 15.1. The van der Waals surface area contributed by atoms with Gasteiger partial charge >= 0.3 is 0 Å². The molecule has 1 atom stereocenters. The van der Waals surface area contributed by atoms with Crippen molar-refractivity contribution in [2.24, 2.45) is 5.92 Å². The van der Waals surface area contributed by atoms with Gasteiger partial charge in [0.15, 0.2) is 0 Å². The third kappa shape index (κ3) is 3.76. The van der Waals surface area contributed by atoms with Crippen LogP contribution in [0.2, 0.25) is 0 Å². The van der Waals surface area contributed by atoms with E-state index in [0.29, 0.717) is 0 Å². The van der Waals surface area contributed by atoms with Crippen LogP contribution in [0, 0.1) is 5.92 Å². The molecule has 1 aromatic rings. The summed E-state index contributed by atoms with van der Waals surface area (Å²) in [7, 11) is 0. The molecule has 0 aliphatic heterocycles. The topological polar surface area (TPSA) is 29.3 Å². The largest absolute Gasteiger partial charge is 0.399 e. The molecule has 2 heteroatoms. The Morgan fingerprint density at radius 2 is 2.06 bits per heavy atom. The first-order valence-corrected chi connectivity index (χ1v) is 6.27. The number of hydrogen-bond acceptors (Lipinski definition) is 2. The highest BCUT2D eigenvalue weighted by Crippen LogP contribution is 2.19. The Hall–Kier alpha value is -1.18. The smallest absolute Gasteiger partial charge is 0.0386 e. The Labute approximate surface area is 99.5 Å². The van der Waals surface area contributed by atoms with Gasteiger partial charge in [0.1, 0.15) is 0 Å². The number of nitrogen functional groups attached to an aromatic ring is 1. The summed E-state index contributed by atoms with van der Waals surface area (Å²) < 4.78 is 0. The van der Waals surface area contributed by atoms with Crippen molar-refractivity contribution >= 4 is 11.4 Å². The lowest BCUT2D eigenvalue weighted by Gasteiger charge is -2.26. The lowest BCUT2D eigenvalue weighted by molar-refractivity contribution is 0.515. The SMILES string of the molecule is CCCC(C)CN(CC)c1cccc(N)c1. The van der Waals surface area contributed by atoms with E-state index >= 15 is 0 Å². The summed E-state index contributed by atoms with van der Waals surface area (Å²) in [5, 5.41) is 0. The fourth-order valence-electron chi connectivity index (χ4n) is 2.10. The van der Waals surface area contributed by atoms with Crippen molar-refractivity contribution < 1.29 is 0 Å². The van der Waals surface area contributed by atoms with Crippen molar-refractivity contribution in [2.45, 2.75) is 33.6 Å². The summed E-state index contributed by atoms with van der Waals surface area (Å²) in [6.07, 6.45) is 2.55. The predicted molar refractivity (Wildman–Crippen MR) is 72.8 cm³/mol. The summed E-state index contributed by atoms with van der Waals surface area (Å²) in [4.78, 5) is 2.40. The van der Waals surface area contributed by atoms with Crippen LogP contribution in [0.1, 0.15) is 33.6 Å². The van der Waals surface area contributed by atoms with Crippen LogP contribution in [0.3, 0.4) is 0 Å². The minimum absolute atomic E-state index is 0.742. The molecule has 0 aliphatic carbocycles. The van der Waals surface area contributed by atoms with Gasteiger partial charge in [-0.05, 0) is 37.5 Å². The Balaban J connectivity index is 2.67. The van der Waals surface area contributed by atoms with E-state index in [2.05, 4.69) is 37.8 Å². The van der Waals surface area contributed by atoms with Crippen molar-refractivity contribution in [3.63, 3.8) is 0 Å². The van der Waals surface area contributed by atoms with Crippen molar-refractivity contribution in [1.82, 2.24) is 0 Å². The molecule has 90 valence electrons. The molecule has 0 aromatic heterocycles. The predicted octanol–water partition coefficient (Wildman–Crippen LogP) is 3.53. The summed E-state index contributed by atoms with van der Waals surface area (Å²) in [6, 6.07) is 8.16. The third-order valence-electron chi connectivity index (χ3n) is 2.93. The first kappa shape index (κ1) is 12.9. The summed E-state index contributed by atoms with van der Waals surface area (Å²) in [5.74, 6) is 0.742. The Morgan fingerprint density at radius 1 is 1.31 bits per heavy atom. The number of nitrogens with zero attached hydrogens (tertiary/aromatic N) is 1. The van der Waals surface area contributed by atoms with Crippen molar-refractivity contribution in [3.8, 4) is 0 Å². The molecule has 0 spiro atoms. The zero-order chi connectivity index (χ0) is 12.0. The van der Waals surface area contributed by atoms with Crippen LogP contribution in [0.4, 0.5) is 11.4 Å². The normalized spacial score (nSPS) is 12.4. The average molecular weight is 220 g/mol. The molecule has 0 fully saturated rings. The molecule has 0 heterocycles. The van der Waals surface area contributed by atoms with E-state index in [0.717, 1.165) is 24.7 Å². The highest BCUT2D eigenvalue weighted by Gasteiger charge is 2.08. The van der Waals surface area contributed by atoms with E-state index in [1.807, 2.05) is 12.1 Å². The highest BCUT2D eigenvalue weighted by molar-refractivity contribution is 5.55. The second-order valence-electron chi connectivity index (χ2n) is 4.53. The van der Waals surface area contributed by atoms with Crippen LogP contribution in [-0.2, 0) is 0 Å². The van der Waals surface area contributed by atoms with Gasteiger partial charge in [-0.3, -0.25) is 0 Å².